The van der Waals surface area contributed by atoms with Crippen LogP contribution in [0.15, 0.2) is 55.4 Å². The van der Waals surface area contributed by atoms with Crippen LogP contribution < -0.4 is 63.8 Å². The van der Waals surface area contributed by atoms with Gasteiger partial charge in [0.2, 0.25) is 0 Å². The number of fused-ring (bicyclic) bond motifs is 6. The van der Waals surface area contributed by atoms with Crippen LogP contribution in [-0.4, -0.2) is 133 Å². The summed E-state index contributed by atoms with van der Waals surface area (Å²) >= 11 is 0. The highest BCUT2D eigenvalue weighted by Gasteiger charge is 2.01. The number of pyridine rings is 3. The summed E-state index contributed by atoms with van der Waals surface area (Å²) in [5, 5.41) is 42.2. The minimum absolute atomic E-state index is 0.912. The molecule has 1 aliphatic heterocycles. The fourth-order valence-corrected chi connectivity index (χ4v) is 5.86. The van der Waals surface area contributed by atoms with E-state index in [9.17, 15) is 0 Å². The third-order valence-corrected chi connectivity index (χ3v) is 8.81. The Morgan fingerprint density at radius 1 is 0.241 bits per heavy atom. The minimum atomic E-state index is 0.912. The van der Waals surface area contributed by atoms with Crippen LogP contribution in [0.1, 0.15) is 38.5 Å². The molecular weight excluding hydrogens is 679 g/mol. The lowest BCUT2D eigenvalue weighted by molar-refractivity contribution is 0.595. The Kier molecular flexibility index (Phi) is 23.3. The Morgan fingerprint density at radius 2 is 0.426 bits per heavy atom. The van der Waals surface area contributed by atoms with E-state index < -0.39 is 0 Å². The second kappa shape index (κ2) is 29.4. The summed E-state index contributed by atoms with van der Waals surface area (Å²) in [6.45, 7) is 17.2. The largest absolute Gasteiger partial charge is 0.384 e. The van der Waals surface area contributed by atoms with Crippen molar-refractivity contribution in [3.63, 3.8) is 0 Å². The Morgan fingerprint density at radius 3 is 0.611 bits per heavy atom. The maximum atomic E-state index is 4.40. The van der Waals surface area contributed by atoms with E-state index in [4.69, 9.17) is 0 Å². The molecule has 0 atom stereocenters. The molecule has 3 aromatic heterocycles. The lowest BCUT2D eigenvalue weighted by Gasteiger charge is -2.11. The molecule has 4 heterocycles. The number of nitrogens with one attached hydrogen (secondary N) is 12. The molecule has 1 aliphatic rings. The van der Waals surface area contributed by atoms with Crippen molar-refractivity contribution in [3.05, 3.63) is 55.4 Å². The summed E-state index contributed by atoms with van der Waals surface area (Å²) in [7, 11) is 0. The highest BCUT2D eigenvalue weighted by molar-refractivity contribution is 5.55. The first-order valence-electron chi connectivity index (χ1n) is 20.4. The summed E-state index contributed by atoms with van der Waals surface area (Å²) < 4.78 is 0. The zero-order valence-electron chi connectivity index (χ0n) is 32.5. The van der Waals surface area contributed by atoms with E-state index in [1.54, 1.807) is 0 Å². The van der Waals surface area contributed by atoms with Gasteiger partial charge in [-0.1, -0.05) is 0 Å². The van der Waals surface area contributed by atoms with Crippen molar-refractivity contribution < 1.29 is 0 Å². The molecule has 0 unspecified atom stereocenters. The first-order chi connectivity index (χ1) is 26.8. The maximum absolute atomic E-state index is 4.40. The molecule has 300 valence electrons. The quantitative estimate of drug-likeness (QED) is 0.161. The standard InChI is InChI=1S/C39H69N15/c1-7-40-19-20-41-8-2-15-51-36-26-37(31-47-30-36)52-16-5-11-44-23-24-45-12-6-18-54-39-27-38(32-48-33-39)53-17-4-10-43-22-21-42-9-3-14-50-35-25-34(49-13-1)28-46-29-35/h25-33,40-45,49-54H,1-24H2. The summed E-state index contributed by atoms with van der Waals surface area (Å²) in [4.78, 5) is 13.2. The van der Waals surface area contributed by atoms with Crippen LogP contribution in [0.25, 0.3) is 0 Å². The van der Waals surface area contributed by atoms with Crippen molar-refractivity contribution in [1.29, 1.82) is 0 Å². The van der Waals surface area contributed by atoms with Gasteiger partial charge in [0.1, 0.15) is 0 Å². The smallest absolute Gasteiger partial charge is 0.0547 e. The average Bonchev–Trinajstić information content (AvgIpc) is 3.19. The average molecular weight is 748 g/mol. The summed E-state index contributed by atoms with van der Waals surface area (Å²) in [6.07, 6.45) is 17.7. The highest BCUT2D eigenvalue weighted by atomic mass is 15.0. The van der Waals surface area contributed by atoms with Crippen molar-refractivity contribution in [2.75, 3.05) is 150 Å². The number of anilines is 6. The molecule has 0 saturated heterocycles. The second-order valence-electron chi connectivity index (χ2n) is 13.6. The normalized spacial score (nSPS) is 18.9. The van der Waals surface area contributed by atoms with Crippen LogP contribution in [0.5, 0.6) is 0 Å². The minimum Gasteiger partial charge on any atom is -0.384 e. The molecule has 0 radical (unpaired) electrons. The molecule has 4 rings (SSSR count). The van der Waals surface area contributed by atoms with E-state index in [1.165, 1.54) is 0 Å². The number of rotatable bonds is 0. The molecule has 0 spiro atoms. The van der Waals surface area contributed by atoms with Gasteiger partial charge in [-0.3, -0.25) is 15.0 Å². The van der Waals surface area contributed by atoms with Gasteiger partial charge >= 0.3 is 0 Å². The van der Waals surface area contributed by atoms with Gasteiger partial charge in [-0.25, -0.2) is 0 Å². The number of hydrogen-bond acceptors (Lipinski definition) is 15. The fraction of sp³-hybridized carbons (Fsp3) is 0.615. The molecule has 0 amide bonds. The molecule has 0 fully saturated rings. The molecule has 15 heteroatoms. The van der Waals surface area contributed by atoms with Crippen LogP contribution >= 0.6 is 0 Å². The van der Waals surface area contributed by atoms with Gasteiger partial charge in [-0.05, 0) is 96.0 Å². The molecule has 54 heavy (non-hydrogen) atoms. The summed E-state index contributed by atoms with van der Waals surface area (Å²) in [5.41, 5.74) is 6.32. The lowest BCUT2D eigenvalue weighted by Crippen LogP contribution is -2.29. The molecule has 15 nitrogen and oxygen atoms in total. The summed E-state index contributed by atoms with van der Waals surface area (Å²) in [6, 6.07) is 6.42. The van der Waals surface area contributed by atoms with E-state index in [0.29, 0.717) is 0 Å². The fourth-order valence-electron chi connectivity index (χ4n) is 5.86. The third kappa shape index (κ3) is 21.0. The van der Waals surface area contributed by atoms with Gasteiger partial charge in [-0.2, -0.15) is 0 Å². The van der Waals surface area contributed by atoms with E-state index in [0.717, 1.165) is 190 Å². The molecule has 0 aliphatic carbocycles. The lowest BCUT2D eigenvalue weighted by atomic mass is 10.3. The van der Waals surface area contributed by atoms with Crippen LogP contribution in [-0.2, 0) is 0 Å². The van der Waals surface area contributed by atoms with Crippen LogP contribution in [0.2, 0.25) is 0 Å². The van der Waals surface area contributed by atoms with Gasteiger partial charge in [0.25, 0.3) is 0 Å². The molecule has 6 bridgehead atoms. The maximum Gasteiger partial charge on any atom is 0.0547 e. The third-order valence-electron chi connectivity index (χ3n) is 8.81. The van der Waals surface area contributed by atoms with Gasteiger partial charge in [0.05, 0.1) is 71.3 Å². The first kappa shape index (κ1) is 42.7. The molecule has 0 saturated carbocycles. The van der Waals surface area contributed by atoms with E-state index in [2.05, 4.69) is 97.0 Å². The Balaban J connectivity index is 1.10. The first-order valence-corrected chi connectivity index (χ1v) is 20.4. The predicted molar refractivity (Wildman–Crippen MR) is 229 cm³/mol. The SMILES string of the molecule is c1ncc2cc1NCCCNCCNCCCNc1cncc(c1)NCCCNCCNCCCNc1cncc(c1)NCCCNCCNCCCN2. The van der Waals surface area contributed by atoms with Crippen LogP contribution in [0.4, 0.5) is 34.1 Å². The van der Waals surface area contributed by atoms with Gasteiger partial charge in [-0.15, -0.1) is 0 Å². The van der Waals surface area contributed by atoms with Gasteiger partial charge < -0.3 is 63.8 Å². The highest BCUT2D eigenvalue weighted by Crippen LogP contribution is 2.14. The Hall–Kier alpha value is -3.99. The monoisotopic (exact) mass is 748 g/mol. The molecule has 12 N–H and O–H groups in total. The Labute approximate surface area is 324 Å². The molecule has 3 aromatic rings. The van der Waals surface area contributed by atoms with E-state index in [1.807, 2.05) is 37.2 Å². The second-order valence-corrected chi connectivity index (χ2v) is 13.6. The van der Waals surface area contributed by atoms with Crippen molar-refractivity contribution in [3.8, 4) is 0 Å². The van der Waals surface area contributed by atoms with Crippen molar-refractivity contribution in [1.82, 2.24) is 46.9 Å². The molecular formula is C39H69N15. The summed E-state index contributed by atoms with van der Waals surface area (Å²) in [5.74, 6) is 0. The molecule has 0 aromatic carbocycles. The van der Waals surface area contributed by atoms with E-state index in [-0.39, 0.29) is 0 Å². The van der Waals surface area contributed by atoms with Crippen molar-refractivity contribution in [2.24, 2.45) is 0 Å². The number of aromatic nitrogens is 3. The topological polar surface area (TPSA) is 183 Å². The van der Waals surface area contributed by atoms with Gasteiger partial charge in [0.15, 0.2) is 0 Å². The van der Waals surface area contributed by atoms with Gasteiger partial charge in [0, 0.05) is 78.5 Å². The Bertz CT molecular complexity index is 1100. The zero-order valence-corrected chi connectivity index (χ0v) is 32.5. The van der Waals surface area contributed by atoms with Crippen LogP contribution in [0.3, 0.4) is 0 Å². The van der Waals surface area contributed by atoms with Crippen molar-refractivity contribution in [2.45, 2.75) is 38.5 Å². The zero-order chi connectivity index (χ0) is 37.4. The van der Waals surface area contributed by atoms with E-state index >= 15 is 0 Å². The number of nitrogens with zero attached hydrogens (tertiary/aromatic N) is 3. The van der Waals surface area contributed by atoms with Crippen LogP contribution in [0, 0.1) is 0 Å². The predicted octanol–water partition coefficient (Wildman–Crippen LogP) is 2.64. The van der Waals surface area contributed by atoms with Crippen molar-refractivity contribution >= 4 is 34.1 Å². The number of hydrogen-bond donors (Lipinski definition) is 12.